The fraction of sp³-hybridized carbons (Fsp3) is 0.500. The molecule has 0 atom stereocenters. The Morgan fingerprint density at radius 3 is 2.24 bits per heavy atom. The molecule has 3 heteroatoms. The predicted octanol–water partition coefficient (Wildman–Crippen LogP) is 2.22. The van der Waals surface area contributed by atoms with Gasteiger partial charge in [-0.25, -0.2) is 5.84 Å². The molecule has 1 aromatic carbocycles. The number of hydrogen-bond donors (Lipinski definition) is 2. The third kappa shape index (κ3) is 1.95. The van der Waals surface area contributed by atoms with Crippen LogP contribution in [-0.2, 0) is 10.2 Å². The minimum atomic E-state index is -0.371. The van der Waals surface area contributed by atoms with Crippen molar-refractivity contribution < 1.29 is 4.79 Å². The quantitative estimate of drug-likeness (QED) is 0.477. The summed E-state index contributed by atoms with van der Waals surface area (Å²) in [6, 6.07) is 8.38. The largest absolute Gasteiger partial charge is 0.293 e. The number of hydrogen-bond acceptors (Lipinski definition) is 2. The summed E-state index contributed by atoms with van der Waals surface area (Å²) in [6.45, 7) is 4.33. The molecule has 2 rings (SSSR count). The van der Waals surface area contributed by atoms with Crippen LogP contribution in [0.2, 0.25) is 0 Å². The van der Waals surface area contributed by atoms with Gasteiger partial charge in [-0.05, 0) is 29.9 Å². The van der Waals surface area contributed by atoms with Crippen molar-refractivity contribution in [3.8, 4) is 0 Å². The Balaban J connectivity index is 2.29. The molecule has 1 aliphatic carbocycles. The zero-order chi connectivity index (χ0) is 12.5. The van der Waals surface area contributed by atoms with Crippen LogP contribution in [0, 0.1) is 0 Å². The maximum atomic E-state index is 11.9. The van der Waals surface area contributed by atoms with E-state index in [1.54, 1.807) is 0 Å². The Morgan fingerprint density at radius 1 is 1.29 bits per heavy atom. The van der Waals surface area contributed by atoms with Crippen LogP contribution < -0.4 is 11.3 Å². The fourth-order valence-corrected chi connectivity index (χ4v) is 2.50. The molecule has 1 aromatic rings. The molecule has 1 saturated carbocycles. The molecule has 92 valence electrons. The highest BCUT2D eigenvalue weighted by Crippen LogP contribution is 2.44. The zero-order valence-electron chi connectivity index (χ0n) is 10.5. The topological polar surface area (TPSA) is 55.1 Å². The van der Waals surface area contributed by atoms with Crippen molar-refractivity contribution in [2.75, 3.05) is 0 Å². The van der Waals surface area contributed by atoms with Crippen molar-refractivity contribution in [3.63, 3.8) is 0 Å². The van der Waals surface area contributed by atoms with Gasteiger partial charge in [-0.1, -0.05) is 44.5 Å². The lowest BCUT2D eigenvalue weighted by molar-refractivity contribution is -0.130. The first-order valence-corrected chi connectivity index (χ1v) is 6.21. The summed E-state index contributed by atoms with van der Waals surface area (Å²) in [5.74, 6) is 5.75. The number of benzene rings is 1. The van der Waals surface area contributed by atoms with Crippen molar-refractivity contribution in [1.82, 2.24) is 5.43 Å². The molecule has 0 radical (unpaired) electrons. The lowest BCUT2D eigenvalue weighted by Crippen LogP contribution is -2.51. The SMILES string of the molecule is CC(C)c1ccc(C2(C(=O)NN)CCC2)cc1. The van der Waals surface area contributed by atoms with Gasteiger partial charge < -0.3 is 0 Å². The zero-order valence-corrected chi connectivity index (χ0v) is 10.5. The molecule has 0 heterocycles. The van der Waals surface area contributed by atoms with E-state index in [1.165, 1.54) is 5.56 Å². The minimum Gasteiger partial charge on any atom is -0.293 e. The van der Waals surface area contributed by atoms with Gasteiger partial charge in [0.05, 0.1) is 5.41 Å². The summed E-state index contributed by atoms with van der Waals surface area (Å²) < 4.78 is 0. The second kappa shape index (κ2) is 4.49. The normalized spacial score (nSPS) is 17.6. The summed E-state index contributed by atoms with van der Waals surface area (Å²) >= 11 is 0. The third-order valence-corrected chi connectivity index (χ3v) is 3.90. The molecule has 1 aliphatic rings. The predicted molar refractivity (Wildman–Crippen MR) is 68.4 cm³/mol. The number of amides is 1. The van der Waals surface area contributed by atoms with E-state index in [4.69, 9.17) is 5.84 Å². The van der Waals surface area contributed by atoms with Gasteiger partial charge in [-0.15, -0.1) is 0 Å². The van der Waals surface area contributed by atoms with E-state index in [-0.39, 0.29) is 11.3 Å². The van der Waals surface area contributed by atoms with Crippen LogP contribution in [0.4, 0.5) is 0 Å². The molecule has 1 fully saturated rings. The number of nitrogens with two attached hydrogens (primary N) is 1. The number of carbonyl (C=O) groups excluding carboxylic acids is 1. The van der Waals surface area contributed by atoms with Crippen LogP contribution in [0.3, 0.4) is 0 Å². The van der Waals surface area contributed by atoms with E-state index >= 15 is 0 Å². The lowest BCUT2D eigenvalue weighted by Gasteiger charge is -2.40. The molecule has 0 spiro atoms. The number of nitrogens with one attached hydrogen (secondary N) is 1. The van der Waals surface area contributed by atoms with Crippen LogP contribution in [0.25, 0.3) is 0 Å². The summed E-state index contributed by atoms with van der Waals surface area (Å²) in [4.78, 5) is 11.9. The van der Waals surface area contributed by atoms with Gasteiger partial charge in [0.2, 0.25) is 5.91 Å². The van der Waals surface area contributed by atoms with Crippen LogP contribution in [0.15, 0.2) is 24.3 Å². The first-order valence-electron chi connectivity index (χ1n) is 6.21. The van der Waals surface area contributed by atoms with E-state index in [0.717, 1.165) is 24.8 Å². The average molecular weight is 232 g/mol. The molecule has 3 nitrogen and oxygen atoms in total. The first-order chi connectivity index (χ1) is 8.10. The van der Waals surface area contributed by atoms with Crippen LogP contribution in [-0.4, -0.2) is 5.91 Å². The summed E-state index contributed by atoms with van der Waals surface area (Å²) in [5.41, 5.74) is 4.33. The number of hydrazine groups is 1. The molecular weight excluding hydrogens is 212 g/mol. The molecule has 1 amide bonds. The van der Waals surface area contributed by atoms with Crippen LogP contribution in [0.1, 0.15) is 50.2 Å². The Labute approximate surface area is 102 Å². The third-order valence-electron chi connectivity index (χ3n) is 3.90. The molecule has 17 heavy (non-hydrogen) atoms. The Kier molecular flexibility index (Phi) is 3.20. The van der Waals surface area contributed by atoms with Crippen LogP contribution >= 0.6 is 0 Å². The van der Waals surface area contributed by atoms with E-state index in [1.807, 2.05) is 0 Å². The highest BCUT2D eigenvalue weighted by atomic mass is 16.2. The molecule has 0 aliphatic heterocycles. The minimum absolute atomic E-state index is 0.0546. The van der Waals surface area contributed by atoms with Crippen molar-refractivity contribution in [2.45, 2.75) is 44.4 Å². The molecular formula is C14H20N2O. The highest BCUT2D eigenvalue weighted by molar-refractivity contribution is 5.88. The van der Waals surface area contributed by atoms with Crippen LogP contribution in [0.5, 0.6) is 0 Å². The van der Waals surface area contributed by atoms with Gasteiger partial charge in [0.1, 0.15) is 0 Å². The maximum absolute atomic E-state index is 11.9. The Bertz CT molecular complexity index is 405. The average Bonchev–Trinajstić information content (AvgIpc) is 2.28. The number of rotatable bonds is 3. The smallest absolute Gasteiger partial charge is 0.244 e. The second-order valence-corrected chi connectivity index (χ2v) is 5.19. The van der Waals surface area contributed by atoms with E-state index in [0.29, 0.717) is 5.92 Å². The van der Waals surface area contributed by atoms with Gasteiger partial charge in [0.25, 0.3) is 0 Å². The van der Waals surface area contributed by atoms with Gasteiger partial charge >= 0.3 is 0 Å². The van der Waals surface area contributed by atoms with Gasteiger partial charge in [0.15, 0.2) is 0 Å². The van der Waals surface area contributed by atoms with E-state index < -0.39 is 0 Å². The Hall–Kier alpha value is -1.35. The summed E-state index contributed by atoms with van der Waals surface area (Å²) in [5, 5.41) is 0. The molecule has 0 unspecified atom stereocenters. The second-order valence-electron chi connectivity index (χ2n) is 5.19. The van der Waals surface area contributed by atoms with Gasteiger partial charge in [-0.3, -0.25) is 10.2 Å². The molecule has 3 N–H and O–H groups in total. The monoisotopic (exact) mass is 232 g/mol. The van der Waals surface area contributed by atoms with Crippen molar-refractivity contribution in [3.05, 3.63) is 35.4 Å². The van der Waals surface area contributed by atoms with Crippen molar-refractivity contribution >= 4 is 5.91 Å². The molecule has 0 saturated heterocycles. The van der Waals surface area contributed by atoms with Gasteiger partial charge in [-0.2, -0.15) is 0 Å². The highest BCUT2D eigenvalue weighted by Gasteiger charge is 2.45. The molecule has 0 bridgehead atoms. The maximum Gasteiger partial charge on any atom is 0.244 e. The number of carbonyl (C=O) groups is 1. The molecule has 0 aromatic heterocycles. The lowest BCUT2D eigenvalue weighted by atomic mass is 9.64. The van der Waals surface area contributed by atoms with E-state index in [9.17, 15) is 4.79 Å². The van der Waals surface area contributed by atoms with E-state index in [2.05, 4.69) is 43.5 Å². The fourth-order valence-electron chi connectivity index (χ4n) is 2.50. The van der Waals surface area contributed by atoms with Crippen molar-refractivity contribution in [2.24, 2.45) is 5.84 Å². The summed E-state index contributed by atoms with van der Waals surface area (Å²) in [6.07, 6.45) is 2.90. The summed E-state index contributed by atoms with van der Waals surface area (Å²) in [7, 11) is 0. The standard InChI is InChI=1S/C14H20N2O/c1-10(2)11-4-6-12(7-5-11)14(8-3-9-14)13(17)16-15/h4-7,10H,3,8-9,15H2,1-2H3,(H,16,17). The van der Waals surface area contributed by atoms with Gasteiger partial charge in [0, 0.05) is 0 Å². The Morgan fingerprint density at radius 2 is 1.88 bits per heavy atom. The first kappa shape index (κ1) is 12.1. The van der Waals surface area contributed by atoms with Crippen molar-refractivity contribution in [1.29, 1.82) is 0 Å².